The molecule has 0 saturated carbocycles. The van der Waals surface area contributed by atoms with Crippen LogP contribution in [-0.2, 0) is 19.4 Å². The molecule has 2 atom stereocenters. The molecule has 0 aliphatic carbocycles. The Morgan fingerprint density at radius 2 is 1.83 bits per heavy atom. The van der Waals surface area contributed by atoms with Crippen LogP contribution in [0.2, 0.25) is 0 Å². The summed E-state index contributed by atoms with van der Waals surface area (Å²) in [6.45, 7) is 4.10. The van der Waals surface area contributed by atoms with Crippen LogP contribution in [-0.4, -0.2) is 56.5 Å². The van der Waals surface area contributed by atoms with E-state index in [0.717, 1.165) is 19.3 Å². The third-order valence-corrected chi connectivity index (χ3v) is 4.90. The van der Waals surface area contributed by atoms with E-state index in [1.54, 1.807) is 4.90 Å². The monoisotopic (exact) mass is 277 g/mol. The minimum atomic E-state index is -3.36. The number of amides is 1. The highest BCUT2D eigenvalue weighted by Gasteiger charge is 2.31. The summed E-state index contributed by atoms with van der Waals surface area (Å²) in [5.41, 5.74) is 0. The van der Waals surface area contributed by atoms with Gasteiger partial charge in [-0.05, 0) is 33.1 Å². The minimum absolute atomic E-state index is 0.0914. The molecular formula is C12H23NO4S. The zero-order valence-corrected chi connectivity index (χ0v) is 12.2. The zero-order valence-electron chi connectivity index (χ0n) is 11.4. The van der Waals surface area contributed by atoms with Crippen LogP contribution < -0.4 is 0 Å². The van der Waals surface area contributed by atoms with Gasteiger partial charge in [-0.1, -0.05) is 0 Å². The van der Waals surface area contributed by atoms with Gasteiger partial charge in [-0.2, -0.15) is 0 Å². The van der Waals surface area contributed by atoms with Crippen molar-refractivity contribution < 1.29 is 17.9 Å². The first-order chi connectivity index (χ1) is 8.37. The fourth-order valence-electron chi connectivity index (χ4n) is 2.46. The number of hydrogen-bond acceptors (Lipinski definition) is 4. The second kappa shape index (κ2) is 6.52. The zero-order chi connectivity index (χ0) is 13.8. The molecule has 1 saturated heterocycles. The number of nitrogens with zero attached hydrogens (tertiary/aromatic N) is 1. The van der Waals surface area contributed by atoms with Gasteiger partial charge in [0, 0.05) is 19.2 Å². The van der Waals surface area contributed by atoms with E-state index in [-0.39, 0.29) is 30.4 Å². The predicted molar refractivity (Wildman–Crippen MR) is 70.2 cm³/mol. The Bertz CT molecular complexity index is 370. The first-order valence-corrected chi connectivity index (χ1v) is 8.20. The predicted octanol–water partition coefficient (Wildman–Crippen LogP) is 0.837. The van der Waals surface area contributed by atoms with E-state index in [2.05, 4.69) is 0 Å². The van der Waals surface area contributed by atoms with Crippen LogP contribution in [0.1, 0.15) is 33.1 Å². The number of rotatable bonds is 5. The molecule has 1 aliphatic rings. The van der Waals surface area contributed by atoms with Gasteiger partial charge in [0.25, 0.3) is 0 Å². The minimum Gasteiger partial charge on any atom is -0.384 e. The van der Waals surface area contributed by atoms with E-state index in [9.17, 15) is 13.2 Å². The Labute approximate surface area is 109 Å². The first-order valence-electron chi connectivity index (χ1n) is 6.38. The summed E-state index contributed by atoms with van der Waals surface area (Å²) in [6, 6.07) is 0.276. The van der Waals surface area contributed by atoms with Crippen molar-refractivity contribution in [2.45, 2.75) is 45.2 Å². The molecule has 2 unspecified atom stereocenters. The van der Waals surface area contributed by atoms with Gasteiger partial charge in [0.1, 0.15) is 5.75 Å². The maximum atomic E-state index is 12.1. The van der Waals surface area contributed by atoms with Crippen LogP contribution in [0, 0.1) is 0 Å². The van der Waals surface area contributed by atoms with Crippen LogP contribution in [0.15, 0.2) is 0 Å². The van der Waals surface area contributed by atoms with E-state index in [1.807, 2.05) is 13.8 Å². The molecule has 1 fully saturated rings. The molecule has 6 heteroatoms. The Hall–Kier alpha value is -0.620. The summed E-state index contributed by atoms with van der Waals surface area (Å²) < 4.78 is 28.2. The van der Waals surface area contributed by atoms with E-state index >= 15 is 0 Å². The molecule has 1 rings (SSSR count). The van der Waals surface area contributed by atoms with Crippen LogP contribution >= 0.6 is 0 Å². The number of sulfone groups is 1. The molecular weight excluding hydrogens is 254 g/mol. The molecule has 0 radical (unpaired) electrons. The van der Waals surface area contributed by atoms with Crippen molar-refractivity contribution in [2.75, 3.05) is 25.2 Å². The summed E-state index contributed by atoms with van der Waals surface area (Å²) in [7, 11) is -1.90. The molecule has 0 spiro atoms. The van der Waals surface area contributed by atoms with Crippen molar-refractivity contribution in [1.29, 1.82) is 0 Å². The number of carbonyl (C=O) groups is 1. The number of likely N-dealkylation sites (tertiary alicyclic amines) is 1. The van der Waals surface area contributed by atoms with Crippen LogP contribution in [0.4, 0.5) is 0 Å². The molecule has 0 bridgehead atoms. The lowest BCUT2D eigenvalue weighted by molar-refractivity contribution is -0.134. The summed E-state index contributed by atoms with van der Waals surface area (Å²) in [5.74, 6) is -0.762. The topological polar surface area (TPSA) is 63.7 Å². The first kappa shape index (κ1) is 15.4. The Kier molecular flexibility index (Phi) is 5.59. The highest BCUT2D eigenvalue weighted by Crippen LogP contribution is 2.22. The third kappa shape index (κ3) is 4.24. The quantitative estimate of drug-likeness (QED) is 0.747. The molecule has 0 aromatic rings. The molecule has 5 nitrogen and oxygen atoms in total. The van der Waals surface area contributed by atoms with Crippen molar-refractivity contribution >= 4 is 15.7 Å². The van der Waals surface area contributed by atoms with Crippen LogP contribution in [0.5, 0.6) is 0 Å². The van der Waals surface area contributed by atoms with Crippen molar-refractivity contribution in [3.8, 4) is 0 Å². The van der Waals surface area contributed by atoms with Crippen molar-refractivity contribution in [2.24, 2.45) is 0 Å². The van der Waals surface area contributed by atoms with Gasteiger partial charge in [0.2, 0.25) is 5.91 Å². The van der Waals surface area contributed by atoms with Crippen molar-refractivity contribution in [1.82, 2.24) is 4.90 Å². The second-order valence-electron chi connectivity index (χ2n) is 5.01. The van der Waals surface area contributed by atoms with E-state index in [0.29, 0.717) is 0 Å². The average Bonchev–Trinajstić information content (AvgIpc) is 2.25. The Balaban J connectivity index is 2.63. The van der Waals surface area contributed by atoms with Gasteiger partial charge in [0.05, 0.1) is 12.4 Å². The molecule has 0 aromatic carbocycles. The standard InChI is InChI=1S/C12H23NO4S/c1-10-5-4-6-11(2)13(10)12(14)9-18(15,16)8-7-17-3/h10-11H,4-9H2,1-3H3. The van der Waals surface area contributed by atoms with Crippen molar-refractivity contribution in [3.63, 3.8) is 0 Å². The third-order valence-electron chi connectivity index (χ3n) is 3.42. The SMILES string of the molecule is COCCS(=O)(=O)CC(=O)N1C(C)CCCC1C. The maximum absolute atomic E-state index is 12.1. The van der Waals surface area contributed by atoms with E-state index in [4.69, 9.17) is 4.74 Å². The summed E-state index contributed by atoms with van der Waals surface area (Å²) in [6.07, 6.45) is 3.00. The molecule has 106 valence electrons. The van der Waals surface area contributed by atoms with E-state index in [1.165, 1.54) is 7.11 Å². The number of carbonyl (C=O) groups excluding carboxylic acids is 1. The van der Waals surface area contributed by atoms with Gasteiger partial charge >= 0.3 is 0 Å². The fourth-order valence-corrected chi connectivity index (χ4v) is 3.55. The summed E-state index contributed by atoms with van der Waals surface area (Å²) >= 11 is 0. The van der Waals surface area contributed by atoms with Crippen LogP contribution in [0.25, 0.3) is 0 Å². The molecule has 1 aliphatic heterocycles. The highest BCUT2D eigenvalue weighted by atomic mass is 32.2. The molecule has 1 amide bonds. The lowest BCUT2D eigenvalue weighted by atomic mass is 9.98. The highest BCUT2D eigenvalue weighted by molar-refractivity contribution is 7.92. The normalized spacial score (nSPS) is 25.2. The van der Waals surface area contributed by atoms with Gasteiger partial charge in [-0.15, -0.1) is 0 Å². The lowest BCUT2D eigenvalue weighted by Gasteiger charge is -2.39. The van der Waals surface area contributed by atoms with Gasteiger partial charge in [-0.3, -0.25) is 4.79 Å². The molecule has 0 N–H and O–H groups in total. The number of methoxy groups -OCH3 is 1. The average molecular weight is 277 g/mol. The number of ether oxygens (including phenoxy) is 1. The Morgan fingerprint density at radius 1 is 1.28 bits per heavy atom. The van der Waals surface area contributed by atoms with Crippen LogP contribution in [0.3, 0.4) is 0 Å². The fraction of sp³-hybridized carbons (Fsp3) is 0.917. The molecule has 1 heterocycles. The maximum Gasteiger partial charge on any atom is 0.238 e. The van der Waals surface area contributed by atoms with Gasteiger partial charge in [0.15, 0.2) is 9.84 Å². The molecule has 0 aromatic heterocycles. The summed E-state index contributed by atoms with van der Waals surface area (Å²) in [5, 5.41) is 0. The smallest absolute Gasteiger partial charge is 0.238 e. The molecule has 18 heavy (non-hydrogen) atoms. The largest absolute Gasteiger partial charge is 0.384 e. The second-order valence-corrected chi connectivity index (χ2v) is 7.20. The van der Waals surface area contributed by atoms with Crippen molar-refractivity contribution in [3.05, 3.63) is 0 Å². The van der Waals surface area contributed by atoms with Gasteiger partial charge < -0.3 is 9.64 Å². The summed E-state index contributed by atoms with van der Waals surface area (Å²) in [4.78, 5) is 13.8. The Morgan fingerprint density at radius 3 is 2.33 bits per heavy atom. The van der Waals surface area contributed by atoms with Gasteiger partial charge in [-0.25, -0.2) is 8.42 Å². The lowest BCUT2D eigenvalue weighted by Crippen LogP contribution is -2.49. The number of piperidine rings is 1. The van der Waals surface area contributed by atoms with E-state index < -0.39 is 15.6 Å². The number of hydrogen-bond donors (Lipinski definition) is 0.